The molecule has 16 heavy (non-hydrogen) atoms. The smallest absolute Gasteiger partial charge is 0.384 e. The Kier molecular flexibility index (Phi) is 5.15. The van der Waals surface area contributed by atoms with Gasteiger partial charge in [0.25, 0.3) is 0 Å². The number of alkyl halides is 3. The molecule has 0 aliphatic rings. The van der Waals surface area contributed by atoms with Crippen molar-refractivity contribution in [2.45, 2.75) is 11.9 Å². The van der Waals surface area contributed by atoms with Gasteiger partial charge in [-0.2, -0.15) is 24.9 Å². The van der Waals surface area contributed by atoms with Crippen LogP contribution in [0.5, 0.6) is 0 Å². The zero-order chi connectivity index (χ0) is 12.0. The maximum absolute atomic E-state index is 12.4. The van der Waals surface area contributed by atoms with Gasteiger partial charge in [-0.15, -0.1) is 0 Å². The van der Waals surface area contributed by atoms with Crippen molar-refractivity contribution in [3.63, 3.8) is 0 Å². The minimum atomic E-state index is -4.29. The number of hydrogen-bond acceptors (Lipinski definition) is 2. The van der Waals surface area contributed by atoms with Crippen molar-refractivity contribution >= 4 is 11.8 Å². The zero-order valence-corrected chi connectivity index (χ0v) is 9.62. The van der Waals surface area contributed by atoms with Crippen molar-refractivity contribution in [2.24, 2.45) is 0 Å². The molecule has 0 amide bonds. The van der Waals surface area contributed by atoms with E-state index in [-0.39, 0.29) is 0 Å². The second-order valence-electron chi connectivity index (χ2n) is 3.17. The summed E-state index contributed by atoms with van der Waals surface area (Å²) in [6.07, 6.45) is -4.29. The molecule has 0 atom stereocenters. The molecule has 1 rings (SSSR count). The standard InChI is InChI=1S/C11H12F3OS/c1-15-5-6-16-8-9-3-2-4-10(7-9)11(12,13)14/h3-4,7H,5-6,8H2,1H3. The molecule has 89 valence electrons. The molecule has 0 unspecified atom stereocenters. The molecule has 1 radical (unpaired) electrons. The molecular formula is C11H12F3OS. The first-order valence-corrected chi connectivity index (χ1v) is 5.83. The summed E-state index contributed by atoms with van der Waals surface area (Å²) in [6, 6.07) is 6.22. The van der Waals surface area contributed by atoms with Gasteiger partial charge >= 0.3 is 6.18 Å². The normalized spacial score (nSPS) is 11.8. The quantitative estimate of drug-likeness (QED) is 0.740. The summed E-state index contributed by atoms with van der Waals surface area (Å²) in [4.78, 5) is 0. The number of rotatable bonds is 5. The van der Waals surface area contributed by atoms with E-state index in [0.717, 1.165) is 17.9 Å². The van der Waals surface area contributed by atoms with Crippen molar-refractivity contribution in [2.75, 3.05) is 19.5 Å². The number of hydrogen-bond donors (Lipinski definition) is 0. The Morgan fingerprint density at radius 1 is 1.38 bits per heavy atom. The van der Waals surface area contributed by atoms with E-state index in [1.165, 1.54) is 11.8 Å². The average Bonchev–Trinajstić information content (AvgIpc) is 2.24. The lowest BCUT2D eigenvalue weighted by Crippen LogP contribution is -2.05. The number of thioether (sulfide) groups is 1. The Morgan fingerprint density at radius 3 is 2.75 bits per heavy atom. The lowest BCUT2D eigenvalue weighted by atomic mass is 10.1. The van der Waals surface area contributed by atoms with Crippen LogP contribution in [0.25, 0.3) is 0 Å². The van der Waals surface area contributed by atoms with E-state index in [9.17, 15) is 13.2 Å². The Hall–Kier alpha value is -0.680. The fourth-order valence-electron chi connectivity index (χ4n) is 1.10. The van der Waals surface area contributed by atoms with Gasteiger partial charge in [-0.25, -0.2) is 0 Å². The largest absolute Gasteiger partial charge is 0.416 e. The first kappa shape index (κ1) is 13.4. The van der Waals surface area contributed by atoms with Gasteiger partial charge in [0.15, 0.2) is 0 Å². The SMILES string of the molecule is COCCSCc1c[c]cc(C(F)(F)F)c1. The summed E-state index contributed by atoms with van der Waals surface area (Å²) in [5, 5.41) is 0. The summed E-state index contributed by atoms with van der Waals surface area (Å²) in [7, 11) is 1.60. The van der Waals surface area contributed by atoms with Crippen molar-refractivity contribution in [1.29, 1.82) is 0 Å². The van der Waals surface area contributed by atoms with E-state index in [2.05, 4.69) is 6.07 Å². The third-order valence-corrected chi connectivity index (χ3v) is 2.87. The van der Waals surface area contributed by atoms with Gasteiger partial charge in [-0.1, -0.05) is 6.07 Å². The first-order valence-electron chi connectivity index (χ1n) is 4.68. The Balaban J connectivity index is 2.54. The molecule has 0 spiro atoms. The molecule has 0 aliphatic carbocycles. The van der Waals surface area contributed by atoms with E-state index in [1.54, 1.807) is 13.2 Å². The molecule has 0 saturated heterocycles. The van der Waals surface area contributed by atoms with Crippen LogP contribution in [0.4, 0.5) is 13.2 Å². The topological polar surface area (TPSA) is 9.23 Å². The minimum Gasteiger partial charge on any atom is -0.384 e. The van der Waals surface area contributed by atoms with Gasteiger partial charge in [0.2, 0.25) is 0 Å². The number of benzene rings is 1. The van der Waals surface area contributed by atoms with E-state index in [0.29, 0.717) is 17.9 Å². The molecule has 0 N–H and O–H groups in total. The lowest BCUT2D eigenvalue weighted by Gasteiger charge is -2.08. The minimum absolute atomic E-state index is 0.545. The van der Waals surface area contributed by atoms with Crippen LogP contribution in [0.3, 0.4) is 0 Å². The van der Waals surface area contributed by atoms with E-state index in [4.69, 9.17) is 4.74 Å². The summed E-state index contributed by atoms with van der Waals surface area (Å²) < 4.78 is 41.9. The summed E-state index contributed by atoms with van der Waals surface area (Å²) >= 11 is 1.54. The van der Waals surface area contributed by atoms with Gasteiger partial charge in [0.05, 0.1) is 12.2 Å². The van der Waals surface area contributed by atoms with Gasteiger partial charge in [-0.05, 0) is 23.8 Å². The van der Waals surface area contributed by atoms with Gasteiger partial charge in [0.1, 0.15) is 0 Å². The second-order valence-corrected chi connectivity index (χ2v) is 4.28. The number of methoxy groups -OCH3 is 1. The van der Waals surface area contributed by atoms with Crippen LogP contribution in [0.1, 0.15) is 11.1 Å². The molecule has 0 aromatic heterocycles. The zero-order valence-electron chi connectivity index (χ0n) is 8.80. The maximum atomic E-state index is 12.4. The predicted octanol–water partition coefficient (Wildman–Crippen LogP) is 3.39. The van der Waals surface area contributed by atoms with Crippen LogP contribution in [0.15, 0.2) is 18.2 Å². The number of ether oxygens (including phenoxy) is 1. The summed E-state index contributed by atoms with van der Waals surface area (Å²) in [5.74, 6) is 1.32. The van der Waals surface area contributed by atoms with Gasteiger partial charge < -0.3 is 4.74 Å². The fourth-order valence-corrected chi connectivity index (χ4v) is 1.93. The predicted molar refractivity (Wildman–Crippen MR) is 58.3 cm³/mol. The second kappa shape index (κ2) is 6.15. The van der Waals surface area contributed by atoms with Crippen LogP contribution >= 0.6 is 11.8 Å². The van der Waals surface area contributed by atoms with Crippen molar-refractivity contribution in [1.82, 2.24) is 0 Å². The summed E-state index contributed by atoms with van der Waals surface area (Å²) in [6.45, 7) is 0.605. The van der Waals surface area contributed by atoms with E-state index in [1.807, 2.05) is 0 Å². The third kappa shape index (κ3) is 4.45. The monoisotopic (exact) mass is 249 g/mol. The van der Waals surface area contributed by atoms with Gasteiger partial charge in [0, 0.05) is 18.6 Å². The maximum Gasteiger partial charge on any atom is 0.416 e. The highest BCUT2D eigenvalue weighted by Gasteiger charge is 2.30. The van der Waals surface area contributed by atoms with Crippen LogP contribution in [0.2, 0.25) is 0 Å². The highest BCUT2D eigenvalue weighted by Crippen LogP contribution is 2.30. The van der Waals surface area contributed by atoms with Gasteiger partial charge in [-0.3, -0.25) is 0 Å². The molecule has 5 heteroatoms. The fraction of sp³-hybridized carbons (Fsp3) is 0.455. The lowest BCUT2D eigenvalue weighted by molar-refractivity contribution is -0.137. The Labute approximate surface area is 97.0 Å². The van der Waals surface area contributed by atoms with Crippen molar-refractivity contribution < 1.29 is 17.9 Å². The summed E-state index contributed by atoms with van der Waals surface area (Å²) in [5.41, 5.74) is -0.00623. The van der Waals surface area contributed by atoms with Crippen LogP contribution in [-0.4, -0.2) is 19.5 Å². The third-order valence-electron chi connectivity index (χ3n) is 1.88. The Morgan fingerprint density at radius 2 is 2.12 bits per heavy atom. The first-order chi connectivity index (χ1) is 7.54. The van der Waals surface area contributed by atoms with Crippen LogP contribution < -0.4 is 0 Å². The van der Waals surface area contributed by atoms with Crippen molar-refractivity contribution in [3.05, 3.63) is 35.4 Å². The average molecular weight is 249 g/mol. The van der Waals surface area contributed by atoms with E-state index >= 15 is 0 Å². The van der Waals surface area contributed by atoms with Crippen LogP contribution in [0, 0.1) is 6.07 Å². The Bertz CT molecular complexity index is 325. The molecule has 0 fully saturated rings. The molecule has 1 aromatic carbocycles. The molecule has 0 saturated carbocycles. The molecule has 0 heterocycles. The van der Waals surface area contributed by atoms with Crippen LogP contribution in [-0.2, 0) is 16.7 Å². The molecule has 0 bridgehead atoms. The van der Waals surface area contributed by atoms with E-state index < -0.39 is 11.7 Å². The number of halogens is 3. The molecule has 0 aliphatic heterocycles. The van der Waals surface area contributed by atoms with Crippen molar-refractivity contribution in [3.8, 4) is 0 Å². The molecule has 1 nitrogen and oxygen atoms in total. The highest BCUT2D eigenvalue weighted by atomic mass is 32.2. The molecule has 1 aromatic rings. The molecular weight excluding hydrogens is 237 g/mol. The highest BCUT2D eigenvalue weighted by molar-refractivity contribution is 7.98.